The van der Waals surface area contributed by atoms with Crippen molar-refractivity contribution in [3.8, 4) is 0 Å². The molecule has 170 valence electrons. The van der Waals surface area contributed by atoms with E-state index in [4.69, 9.17) is 9.47 Å². The highest BCUT2D eigenvalue weighted by molar-refractivity contribution is 14.0. The Morgan fingerprint density at radius 2 is 2.13 bits per heavy atom. The van der Waals surface area contributed by atoms with Gasteiger partial charge in [-0.1, -0.05) is 18.9 Å². The van der Waals surface area contributed by atoms with Crippen LogP contribution in [0.2, 0.25) is 0 Å². The van der Waals surface area contributed by atoms with E-state index < -0.39 is 0 Å². The van der Waals surface area contributed by atoms with Gasteiger partial charge in [0.05, 0.1) is 12.7 Å². The first-order chi connectivity index (χ1) is 14.1. The number of aromatic nitrogens is 1. The van der Waals surface area contributed by atoms with Crippen LogP contribution in [-0.4, -0.2) is 64.1 Å². The third kappa shape index (κ3) is 7.23. The molecule has 1 unspecified atom stereocenters. The number of hydrogen-bond acceptors (Lipinski definition) is 5. The van der Waals surface area contributed by atoms with Gasteiger partial charge in [-0.3, -0.25) is 4.99 Å². The zero-order chi connectivity index (χ0) is 20.5. The molecule has 0 radical (unpaired) electrons. The first-order valence-corrected chi connectivity index (χ1v) is 10.9. The second-order valence-corrected chi connectivity index (χ2v) is 8.38. The first kappa shape index (κ1) is 25.1. The first-order valence-electron chi connectivity index (χ1n) is 10.9. The molecule has 1 atom stereocenters. The Balaban J connectivity index is 0.00000320. The van der Waals surface area contributed by atoms with Gasteiger partial charge in [0.2, 0.25) is 0 Å². The Morgan fingerprint density at radius 3 is 2.77 bits per heavy atom. The van der Waals surface area contributed by atoms with Crippen molar-refractivity contribution in [2.45, 2.75) is 51.7 Å². The number of pyridine rings is 1. The summed E-state index contributed by atoms with van der Waals surface area (Å²) < 4.78 is 10.9. The average molecular weight is 531 g/mol. The Kier molecular flexibility index (Phi) is 10.6. The van der Waals surface area contributed by atoms with Crippen molar-refractivity contribution in [3.05, 3.63) is 23.9 Å². The molecule has 0 spiro atoms. The lowest BCUT2D eigenvalue weighted by molar-refractivity contribution is 0.0529. The summed E-state index contributed by atoms with van der Waals surface area (Å²) in [7, 11) is 3.61. The third-order valence-corrected chi connectivity index (χ3v) is 6.19. The SMILES string of the molecule is CN=C(NCc1ccc(N2CCOC(C)C2)nc1)NCC1(CCOC)CCCC1.I. The van der Waals surface area contributed by atoms with Crippen LogP contribution < -0.4 is 15.5 Å². The molecule has 1 aliphatic heterocycles. The fraction of sp³-hybridized carbons (Fsp3) is 0.727. The van der Waals surface area contributed by atoms with Crippen molar-refractivity contribution in [3.63, 3.8) is 0 Å². The minimum atomic E-state index is 0. The van der Waals surface area contributed by atoms with Gasteiger partial charge in [-0.15, -0.1) is 24.0 Å². The number of ether oxygens (including phenoxy) is 2. The largest absolute Gasteiger partial charge is 0.385 e. The number of guanidine groups is 1. The van der Waals surface area contributed by atoms with Crippen molar-refractivity contribution in [1.29, 1.82) is 0 Å². The summed E-state index contributed by atoms with van der Waals surface area (Å²) >= 11 is 0. The lowest BCUT2D eigenvalue weighted by Crippen LogP contribution is -2.43. The van der Waals surface area contributed by atoms with E-state index in [-0.39, 0.29) is 30.1 Å². The zero-order valence-corrected chi connectivity index (χ0v) is 21.0. The molecule has 1 aromatic heterocycles. The van der Waals surface area contributed by atoms with Gasteiger partial charge in [-0.25, -0.2) is 4.98 Å². The van der Waals surface area contributed by atoms with Crippen molar-refractivity contribution in [2.75, 3.05) is 51.9 Å². The lowest BCUT2D eigenvalue weighted by Gasteiger charge is -2.32. The van der Waals surface area contributed by atoms with E-state index >= 15 is 0 Å². The van der Waals surface area contributed by atoms with E-state index in [0.717, 1.165) is 56.6 Å². The average Bonchev–Trinajstić information content (AvgIpc) is 3.22. The summed E-state index contributed by atoms with van der Waals surface area (Å²) in [5.74, 6) is 1.87. The maximum absolute atomic E-state index is 5.61. The predicted octanol–water partition coefficient (Wildman–Crippen LogP) is 3.19. The second kappa shape index (κ2) is 12.7. The van der Waals surface area contributed by atoms with Gasteiger partial charge in [0.15, 0.2) is 5.96 Å². The van der Waals surface area contributed by atoms with Gasteiger partial charge in [-0.05, 0) is 43.2 Å². The van der Waals surface area contributed by atoms with E-state index in [1.54, 1.807) is 7.11 Å². The highest BCUT2D eigenvalue weighted by atomic mass is 127. The molecule has 0 aromatic carbocycles. The van der Waals surface area contributed by atoms with Crippen molar-refractivity contribution >= 4 is 35.8 Å². The van der Waals surface area contributed by atoms with Crippen LogP contribution in [0.25, 0.3) is 0 Å². The summed E-state index contributed by atoms with van der Waals surface area (Å²) in [4.78, 5) is 11.3. The van der Waals surface area contributed by atoms with Crippen LogP contribution in [0.15, 0.2) is 23.3 Å². The van der Waals surface area contributed by atoms with E-state index in [2.05, 4.69) is 44.6 Å². The Hall–Kier alpha value is -1.13. The smallest absolute Gasteiger partial charge is 0.191 e. The molecule has 1 aromatic rings. The number of anilines is 1. The number of rotatable bonds is 8. The normalized spacial score (nSPS) is 21.2. The van der Waals surface area contributed by atoms with Gasteiger partial charge in [0.25, 0.3) is 0 Å². The molecule has 2 aliphatic rings. The van der Waals surface area contributed by atoms with Crippen molar-refractivity contribution in [1.82, 2.24) is 15.6 Å². The summed E-state index contributed by atoms with van der Waals surface area (Å²) in [6, 6.07) is 4.24. The Morgan fingerprint density at radius 1 is 1.33 bits per heavy atom. The molecule has 2 heterocycles. The Labute approximate surface area is 198 Å². The quantitative estimate of drug-likeness (QED) is 0.305. The summed E-state index contributed by atoms with van der Waals surface area (Å²) in [6.07, 6.45) is 8.49. The monoisotopic (exact) mass is 531 g/mol. The molecule has 2 N–H and O–H groups in total. The summed E-state index contributed by atoms with van der Waals surface area (Å²) in [5.41, 5.74) is 1.49. The van der Waals surface area contributed by atoms with E-state index in [1.807, 2.05) is 13.2 Å². The molecule has 0 bridgehead atoms. The Bertz CT molecular complexity index is 649. The second-order valence-electron chi connectivity index (χ2n) is 8.38. The molecule has 30 heavy (non-hydrogen) atoms. The number of hydrogen-bond donors (Lipinski definition) is 2. The molecule has 2 fully saturated rings. The van der Waals surface area contributed by atoms with Crippen LogP contribution in [0, 0.1) is 5.41 Å². The number of nitrogens with one attached hydrogen (secondary N) is 2. The van der Waals surface area contributed by atoms with Crippen LogP contribution in [0.3, 0.4) is 0 Å². The van der Waals surface area contributed by atoms with Gasteiger partial charge in [-0.2, -0.15) is 0 Å². The van der Waals surface area contributed by atoms with Gasteiger partial charge in [0, 0.05) is 53.1 Å². The number of methoxy groups -OCH3 is 1. The third-order valence-electron chi connectivity index (χ3n) is 6.19. The molecule has 0 amide bonds. The number of nitrogens with zero attached hydrogens (tertiary/aromatic N) is 3. The maximum Gasteiger partial charge on any atom is 0.191 e. The number of aliphatic imine (C=N–C) groups is 1. The van der Waals surface area contributed by atoms with Crippen LogP contribution in [0.4, 0.5) is 5.82 Å². The van der Waals surface area contributed by atoms with Crippen LogP contribution in [0.5, 0.6) is 0 Å². The highest BCUT2D eigenvalue weighted by Gasteiger charge is 2.33. The zero-order valence-electron chi connectivity index (χ0n) is 18.7. The van der Waals surface area contributed by atoms with E-state index in [0.29, 0.717) is 12.0 Å². The molecule has 1 saturated carbocycles. The fourth-order valence-electron chi connectivity index (χ4n) is 4.37. The molecule has 3 rings (SSSR count). The molecular weight excluding hydrogens is 493 g/mol. The number of morpholine rings is 1. The van der Waals surface area contributed by atoms with Crippen LogP contribution in [-0.2, 0) is 16.0 Å². The van der Waals surface area contributed by atoms with E-state index in [9.17, 15) is 0 Å². The van der Waals surface area contributed by atoms with Crippen LogP contribution >= 0.6 is 24.0 Å². The van der Waals surface area contributed by atoms with Crippen molar-refractivity contribution in [2.24, 2.45) is 10.4 Å². The molecular formula is C22H38IN5O2. The molecule has 8 heteroatoms. The predicted molar refractivity (Wildman–Crippen MR) is 133 cm³/mol. The van der Waals surface area contributed by atoms with Crippen molar-refractivity contribution < 1.29 is 9.47 Å². The minimum Gasteiger partial charge on any atom is -0.385 e. The maximum atomic E-state index is 5.61. The molecule has 1 aliphatic carbocycles. The summed E-state index contributed by atoms with van der Waals surface area (Å²) in [5, 5.41) is 6.96. The van der Waals surface area contributed by atoms with Crippen LogP contribution in [0.1, 0.15) is 44.6 Å². The van der Waals surface area contributed by atoms with Gasteiger partial charge < -0.3 is 25.0 Å². The van der Waals surface area contributed by atoms with E-state index in [1.165, 1.54) is 25.7 Å². The highest BCUT2D eigenvalue weighted by Crippen LogP contribution is 2.40. The van der Waals surface area contributed by atoms with Gasteiger partial charge in [0.1, 0.15) is 5.82 Å². The molecule has 1 saturated heterocycles. The standard InChI is InChI=1S/C22H37N5O2.HI/c1-18-16-27(11-13-29-18)20-7-6-19(14-24-20)15-25-21(23-2)26-17-22(10-12-28-3)8-4-5-9-22;/h6-7,14,18H,4-5,8-13,15-17H2,1-3H3,(H2,23,25,26);1H. The van der Waals surface area contributed by atoms with Gasteiger partial charge >= 0.3 is 0 Å². The molecule has 7 nitrogen and oxygen atoms in total. The topological polar surface area (TPSA) is 71.0 Å². The lowest BCUT2D eigenvalue weighted by atomic mass is 9.83. The number of halogens is 1. The summed E-state index contributed by atoms with van der Waals surface area (Å²) in [6.45, 7) is 7.14. The minimum absolute atomic E-state index is 0. The fourth-order valence-corrected chi connectivity index (χ4v) is 4.37.